The zero-order chi connectivity index (χ0) is 8.32. The Hall–Kier alpha value is 0.440. The molecular weight excluding hydrogens is 268 g/mol. The molecule has 0 bridgehead atoms. The molecule has 0 fully saturated rings. The molecule has 1 aliphatic carbocycles. The van der Waals surface area contributed by atoms with Crippen LogP contribution in [0.1, 0.15) is 13.3 Å². The molecule has 0 aromatic heterocycles. The van der Waals surface area contributed by atoms with Crippen LogP contribution in [-0.4, -0.2) is 10.7 Å². The summed E-state index contributed by atoms with van der Waals surface area (Å²) < 4.78 is 0. The predicted molar refractivity (Wildman–Crippen MR) is 57.5 cm³/mol. The maximum Gasteiger partial charge on any atom is 0.0279 e. The lowest BCUT2D eigenvalue weighted by atomic mass is 9.84. The average Bonchev–Trinajstić information content (AvgIpc) is 2.06. The van der Waals surface area contributed by atoms with Crippen LogP contribution in [0, 0.1) is 5.41 Å². The molecule has 1 atom stereocenters. The van der Waals surface area contributed by atoms with Crippen LogP contribution in [0.4, 0.5) is 0 Å². The number of rotatable bonds is 2. The SMILES string of the molecule is CC1(CBr)C=CC(CBr)=CC1. The number of hydrogen-bond donors (Lipinski definition) is 0. The molecule has 1 unspecified atom stereocenters. The van der Waals surface area contributed by atoms with Crippen molar-refractivity contribution in [1.82, 2.24) is 0 Å². The summed E-state index contributed by atoms with van der Waals surface area (Å²) in [5, 5.41) is 2.02. The van der Waals surface area contributed by atoms with Crippen LogP contribution >= 0.6 is 31.9 Å². The van der Waals surface area contributed by atoms with Crippen LogP contribution in [0.3, 0.4) is 0 Å². The lowest BCUT2D eigenvalue weighted by Crippen LogP contribution is -2.16. The van der Waals surface area contributed by atoms with E-state index in [4.69, 9.17) is 0 Å². The van der Waals surface area contributed by atoms with Gasteiger partial charge in [-0.1, -0.05) is 57.0 Å². The second-order valence-corrected chi connectivity index (χ2v) is 4.36. The van der Waals surface area contributed by atoms with E-state index in [1.807, 2.05) is 0 Å². The van der Waals surface area contributed by atoms with E-state index < -0.39 is 0 Å². The van der Waals surface area contributed by atoms with Gasteiger partial charge in [-0.3, -0.25) is 0 Å². The van der Waals surface area contributed by atoms with Gasteiger partial charge in [0.15, 0.2) is 0 Å². The molecule has 2 heteroatoms. The summed E-state index contributed by atoms with van der Waals surface area (Å²) in [4.78, 5) is 0. The molecular formula is C9H12Br2. The van der Waals surface area contributed by atoms with Crippen LogP contribution in [0.25, 0.3) is 0 Å². The Bertz CT molecular complexity index is 194. The minimum Gasteiger partial charge on any atom is -0.0919 e. The largest absolute Gasteiger partial charge is 0.0919 e. The third-order valence-electron chi connectivity index (χ3n) is 1.99. The second kappa shape index (κ2) is 3.90. The van der Waals surface area contributed by atoms with Crippen LogP contribution in [0.2, 0.25) is 0 Å². The van der Waals surface area contributed by atoms with Gasteiger partial charge in [0.1, 0.15) is 0 Å². The smallest absolute Gasteiger partial charge is 0.0279 e. The molecule has 0 N–H and O–H groups in total. The summed E-state index contributed by atoms with van der Waals surface area (Å²) in [7, 11) is 0. The molecule has 1 aliphatic rings. The van der Waals surface area contributed by atoms with Crippen molar-refractivity contribution in [2.75, 3.05) is 10.7 Å². The fourth-order valence-electron chi connectivity index (χ4n) is 1.01. The van der Waals surface area contributed by atoms with Crippen LogP contribution < -0.4 is 0 Å². The zero-order valence-electron chi connectivity index (χ0n) is 6.61. The highest BCUT2D eigenvalue weighted by Gasteiger charge is 2.20. The third kappa shape index (κ3) is 2.45. The highest BCUT2D eigenvalue weighted by Crippen LogP contribution is 2.31. The molecule has 0 aliphatic heterocycles. The molecule has 0 nitrogen and oxygen atoms in total. The van der Waals surface area contributed by atoms with Crippen molar-refractivity contribution in [3.8, 4) is 0 Å². The average molecular weight is 280 g/mol. The van der Waals surface area contributed by atoms with E-state index in [0.29, 0.717) is 5.41 Å². The Kier molecular flexibility index (Phi) is 3.38. The molecule has 0 spiro atoms. The summed E-state index contributed by atoms with van der Waals surface area (Å²) in [6.45, 7) is 2.26. The minimum atomic E-state index is 0.339. The van der Waals surface area contributed by atoms with Gasteiger partial charge >= 0.3 is 0 Å². The van der Waals surface area contributed by atoms with Gasteiger partial charge in [0.2, 0.25) is 0 Å². The number of allylic oxidation sites excluding steroid dienone is 4. The Labute approximate surface area is 85.0 Å². The first-order valence-electron chi connectivity index (χ1n) is 3.70. The molecule has 62 valence electrons. The predicted octanol–water partition coefficient (Wildman–Crippen LogP) is 3.67. The van der Waals surface area contributed by atoms with Crippen molar-refractivity contribution in [2.45, 2.75) is 13.3 Å². The minimum absolute atomic E-state index is 0.339. The summed E-state index contributed by atoms with van der Waals surface area (Å²) in [6, 6.07) is 0. The third-order valence-corrected chi connectivity index (χ3v) is 3.92. The van der Waals surface area contributed by atoms with Crippen LogP contribution in [-0.2, 0) is 0 Å². The standard InChI is InChI=1S/C9H12Br2/c1-9(7-11)4-2-8(6-10)3-5-9/h2-4H,5-7H2,1H3. The van der Waals surface area contributed by atoms with E-state index in [1.54, 1.807) is 0 Å². The number of halogens is 2. The zero-order valence-corrected chi connectivity index (χ0v) is 9.78. The lowest BCUT2D eigenvalue weighted by Gasteiger charge is -2.24. The van der Waals surface area contributed by atoms with Gasteiger partial charge < -0.3 is 0 Å². The number of hydrogen-bond acceptors (Lipinski definition) is 0. The molecule has 0 aromatic rings. The van der Waals surface area contributed by atoms with Crippen LogP contribution in [0.5, 0.6) is 0 Å². The molecule has 0 heterocycles. The second-order valence-electron chi connectivity index (χ2n) is 3.24. The first-order valence-corrected chi connectivity index (χ1v) is 5.95. The van der Waals surface area contributed by atoms with Crippen molar-refractivity contribution < 1.29 is 0 Å². The van der Waals surface area contributed by atoms with E-state index in [9.17, 15) is 0 Å². The quantitative estimate of drug-likeness (QED) is 0.677. The Morgan fingerprint density at radius 3 is 2.64 bits per heavy atom. The van der Waals surface area contributed by atoms with Gasteiger partial charge in [0.25, 0.3) is 0 Å². The monoisotopic (exact) mass is 278 g/mol. The highest BCUT2D eigenvalue weighted by molar-refractivity contribution is 9.09. The molecule has 0 aromatic carbocycles. The summed E-state index contributed by atoms with van der Waals surface area (Å²) >= 11 is 6.96. The fraction of sp³-hybridized carbons (Fsp3) is 0.556. The van der Waals surface area contributed by atoms with Gasteiger partial charge in [-0.2, -0.15) is 0 Å². The van der Waals surface area contributed by atoms with Crippen molar-refractivity contribution in [1.29, 1.82) is 0 Å². The first kappa shape index (κ1) is 9.53. The summed E-state index contributed by atoms with van der Waals surface area (Å²) in [5.74, 6) is 0. The molecule has 0 saturated heterocycles. The Morgan fingerprint density at radius 2 is 2.27 bits per heavy atom. The van der Waals surface area contributed by atoms with Gasteiger partial charge in [-0.25, -0.2) is 0 Å². The summed E-state index contributed by atoms with van der Waals surface area (Å²) in [5.41, 5.74) is 1.73. The topological polar surface area (TPSA) is 0 Å². The maximum absolute atomic E-state index is 3.52. The molecule has 0 radical (unpaired) electrons. The van der Waals surface area contributed by atoms with Crippen molar-refractivity contribution in [2.24, 2.45) is 5.41 Å². The van der Waals surface area contributed by atoms with E-state index >= 15 is 0 Å². The molecule has 1 rings (SSSR count). The fourth-order valence-corrected chi connectivity index (χ4v) is 1.84. The van der Waals surface area contributed by atoms with Gasteiger partial charge in [0.05, 0.1) is 0 Å². The van der Waals surface area contributed by atoms with E-state index in [2.05, 4.69) is 57.0 Å². The lowest BCUT2D eigenvalue weighted by molar-refractivity contribution is 0.497. The summed E-state index contributed by atoms with van der Waals surface area (Å²) in [6.07, 6.45) is 7.95. The normalized spacial score (nSPS) is 30.3. The van der Waals surface area contributed by atoms with Crippen molar-refractivity contribution in [3.63, 3.8) is 0 Å². The Morgan fingerprint density at radius 1 is 1.55 bits per heavy atom. The van der Waals surface area contributed by atoms with Gasteiger partial charge in [-0.15, -0.1) is 0 Å². The Balaban J connectivity index is 2.63. The van der Waals surface area contributed by atoms with Gasteiger partial charge in [-0.05, 0) is 17.4 Å². The van der Waals surface area contributed by atoms with Crippen LogP contribution in [0.15, 0.2) is 23.8 Å². The first-order chi connectivity index (χ1) is 5.20. The van der Waals surface area contributed by atoms with Gasteiger partial charge in [0, 0.05) is 10.7 Å². The molecule has 11 heavy (non-hydrogen) atoms. The molecule has 0 saturated carbocycles. The maximum atomic E-state index is 3.52. The highest BCUT2D eigenvalue weighted by atomic mass is 79.9. The van der Waals surface area contributed by atoms with Crippen molar-refractivity contribution >= 4 is 31.9 Å². The van der Waals surface area contributed by atoms with E-state index in [1.165, 1.54) is 5.57 Å². The number of alkyl halides is 2. The van der Waals surface area contributed by atoms with Crippen molar-refractivity contribution in [3.05, 3.63) is 23.8 Å². The molecule has 0 amide bonds. The van der Waals surface area contributed by atoms with E-state index in [0.717, 1.165) is 17.1 Å². The van der Waals surface area contributed by atoms with E-state index in [-0.39, 0.29) is 0 Å².